The number of benzene rings is 1. The van der Waals surface area contributed by atoms with E-state index in [1.54, 1.807) is 12.1 Å². The summed E-state index contributed by atoms with van der Waals surface area (Å²) in [7, 11) is 0. The molecular weight excluding hydrogens is 311 g/mol. The molecule has 1 amide bonds. The van der Waals surface area contributed by atoms with Crippen molar-refractivity contribution >= 4 is 11.8 Å². The highest BCUT2D eigenvalue weighted by Crippen LogP contribution is 2.28. The topological polar surface area (TPSA) is 53.6 Å². The summed E-state index contributed by atoms with van der Waals surface area (Å²) >= 11 is 0. The van der Waals surface area contributed by atoms with Crippen molar-refractivity contribution in [3.05, 3.63) is 48.5 Å². The molecule has 1 aromatic carbocycles. The number of hydrogen-bond donors (Lipinski definition) is 1. The lowest BCUT2D eigenvalue weighted by atomic mass is 10.1. The number of rotatable bonds is 5. The normalized spacial score (nSPS) is 17.2. The molecule has 6 heteroatoms. The Kier molecular flexibility index (Phi) is 4.76. The maximum absolute atomic E-state index is 14.5. The van der Waals surface area contributed by atoms with Crippen LogP contribution < -0.4 is 9.47 Å². The third-order valence-electron chi connectivity index (χ3n) is 4.03. The number of cyclic esters (lactones) is 1. The van der Waals surface area contributed by atoms with Gasteiger partial charge < -0.3 is 9.84 Å². The van der Waals surface area contributed by atoms with E-state index in [1.807, 2.05) is 29.1 Å². The summed E-state index contributed by atoms with van der Waals surface area (Å²) in [4.78, 5) is 13.1. The lowest BCUT2D eigenvalue weighted by Crippen LogP contribution is -2.31. The third kappa shape index (κ3) is 3.23. The molecule has 0 bridgehead atoms. The lowest BCUT2D eigenvalue weighted by molar-refractivity contribution is -0.696. The first-order valence-corrected chi connectivity index (χ1v) is 8.00. The molecule has 1 aromatic heterocycles. The van der Waals surface area contributed by atoms with Gasteiger partial charge in [0.25, 0.3) is 0 Å². The first kappa shape index (κ1) is 16.4. The molecule has 1 saturated heterocycles. The highest BCUT2D eigenvalue weighted by molar-refractivity contribution is 5.90. The molecule has 1 aliphatic heterocycles. The van der Waals surface area contributed by atoms with Gasteiger partial charge in [-0.3, -0.25) is 4.90 Å². The second kappa shape index (κ2) is 6.97. The molecule has 2 heterocycles. The van der Waals surface area contributed by atoms with Crippen LogP contribution in [0, 0.1) is 5.82 Å². The summed E-state index contributed by atoms with van der Waals surface area (Å²) in [6.07, 6.45) is 3.75. The van der Waals surface area contributed by atoms with Crippen LogP contribution in [0.3, 0.4) is 0 Å². The van der Waals surface area contributed by atoms with Crippen LogP contribution >= 0.6 is 0 Å². The van der Waals surface area contributed by atoms with Gasteiger partial charge in [-0.15, -0.1) is 0 Å². The molecular formula is C18H20FN2O3+. The minimum absolute atomic E-state index is 0.219. The van der Waals surface area contributed by atoms with Crippen LogP contribution in [0.4, 0.5) is 14.9 Å². The number of aryl methyl sites for hydroxylation is 1. The van der Waals surface area contributed by atoms with Crippen LogP contribution in [0.25, 0.3) is 11.1 Å². The van der Waals surface area contributed by atoms with Crippen LogP contribution in [-0.2, 0) is 11.3 Å². The monoisotopic (exact) mass is 331 g/mol. The van der Waals surface area contributed by atoms with Crippen LogP contribution in [0.5, 0.6) is 0 Å². The molecule has 3 rings (SSSR count). The highest BCUT2D eigenvalue weighted by atomic mass is 19.1. The molecule has 0 spiro atoms. The van der Waals surface area contributed by atoms with E-state index < -0.39 is 18.0 Å². The largest absolute Gasteiger partial charge is 0.441 e. The van der Waals surface area contributed by atoms with Crippen molar-refractivity contribution < 1.29 is 23.6 Å². The van der Waals surface area contributed by atoms with E-state index in [0.29, 0.717) is 11.3 Å². The SMILES string of the molecule is CCC[n+]1ccc(-c2ccc(N3C[C@H](CO)OC3=O)cc2F)cc1. The molecule has 0 aliphatic carbocycles. The summed E-state index contributed by atoms with van der Waals surface area (Å²) in [6.45, 7) is 3.00. The maximum atomic E-state index is 14.5. The second-order valence-electron chi connectivity index (χ2n) is 5.79. The fraction of sp³-hybridized carbons (Fsp3) is 0.333. The Morgan fingerprint density at radius 2 is 2.08 bits per heavy atom. The average Bonchev–Trinajstić information content (AvgIpc) is 2.97. The minimum atomic E-state index is -0.568. The zero-order valence-electron chi connectivity index (χ0n) is 13.5. The van der Waals surface area contributed by atoms with Gasteiger partial charge in [-0.1, -0.05) is 6.92 Å². The van der Waals surface area contributed by atoms with Gasteiger partial charge in [-0.25, -0.2) is 13.8 Å². The molecule has 24 heavy (non-hydrogen) atoms. The molecule has 1 fully saturated rings. The molecule has 126 valence electrons. The first-order chi connectivity index (χ1) is 11.6. The Labute approximate surface area is 139 Å². The lowest BCUT2D eigenvalue weighted by Gasteiger charge is -2.14. The van der Waals surface area contributed by atoms with Crippen LogP contribution in [0.1, 0.15) is 13.3 Å². The van der Waals surface area contributed by atoms with E-state index in [4.69, 9.17) is 9.84 Å². The number of carbonyl (C=O) groups excluding carboxylic acids is 1. The van der Waals surface area contributed by atoms with Gasteiger partial charge in [-0.05, 0) is 23.8 Å². The Bertz CT molecular complexity index is 734. The summed E-state index contributed by atoms with van der Waals surface area (Å²) in [5, 5.41) is 9.08. The number of anilines is 1. The highest BCUT2D eigenvalue weighted by Gasteiger charge is 2.32. The Morgan fingerprint density at radius 1 is 1.33 bits per heavy atom. The number of aromatic nitrogens is 1. The zero-order valence-corrected chi connectivity index (χ0v) is 13.5. The summed E-state index contributed by atoms with van der Waals surface area (Å²) in [6, 6.07) is 8.42. The van der Waals surface area contributed by atoms with E-state index in [-0.39, 0.29) is 13.2 Å². The van der Waals surface area contributed by atoms with E-state index >= 15 is 0 Å². The van der Waals surface area contributed by atoms with Crippen molar-refractivity contribution in [1.82, 2.24) is 0 Å². The molecule has 5 nitrogen and oxygen atoms in total. The van der Waals surface area contributed by atoms with Crippen molar-refractivity contribution in [3.8, 4) is 11.1 Å². The van der Waals surface area contributed by atoms with E-state index in [2.05, 4.69) is 6.92 Å². The third-order valence-corrected chi connectivity index (χ3v) is 4.03. The fourth-order valence-electron chi connectivity index (χ4n) is 2.78. The van der Waals surface area contributed by atoms with E-state index in [0.717, 1.165) is 18.5 Å². The number of hydrogen-bond acceptors (Lipinski definition) is 3. The summed E-state index contributed by atoms with van der Waals surface area (Å²) in [5.74, 6) is -0.402. The molecule has 1 atom stereocenters. The van der Waals surface area contributed by atoms with Gasteiger partial charge in [0.2, 0.25) is 0 Å². The van der Waals surface area contributed by atoms with E-state index in [9.17, 15) is 9.18 Å². The van der Waals surface area contributed by atoms with Gasteiger partial charge in [0.1, 0.15) is 18.5 Å². The number of nitrogens with zero attached hydrogens (tertiary/aromatic N) is 2. The number of ether oxygens (including phenoxy) is 1. The Hall–Kier alpha value is -2.47. The van der Waals surface area contributed by atoms with Crippen molar-refractivity contribution in [1.29, 1.82) is 0 Å². The predicted octanol–water partition coefficient (Wildman–Crippen LogP) is 2.51. The predicted molar refractivity (Wildman–Crippen MR) is 87.0 cm³/mol. The summed E-state index contributed by atoms with van der Waals surface area (Å²) < 4.78 is 21.5. The van der Waals surface area contributed by atoms with Crippen molar-refractivity contribution in [2.45, 2.75) is 26.0 Å². The van der Waals surface area contributed by atoms with Crippen LogP contribution in [-0.4, -0.2) is 30.5 Å². The fourth-order valence-corrected chi connectivity index (χ4v) is 2.78. The number of aliphatic hydroxyl groups is 1. The number of halogens is 1. The van der Waals surface area contributed by atoms with Gasteiger partial charge in [0.15, 0.2) is 12.4 Å². The number of aliphatic hydroxyl groups excluding tert-OH is 1. The first-order valence-electron chi connectivity index (χ1n) is 8.00. The zero-order chi connectivity index (χ0) is 17.1. The van der Waals surface area contributed by atoms with Gasteiger partial charge in [0, 0.05) is 24.1 Å². The molecule has 0 radical (unpaired) electrons. The van der Waals surface area contributed by atoms with Gasteiger partial charge in [0.05, 0.1) is 18.8 Å². The molecule has 1 N–H and O–H groups in total. The second-order valence-corrected chi connectivity index (χ2v) is 5.79. The molecule has 0 saturated carbocycles. The number of amides is 1. The van der Waals surface area contributed by atoms with Crippen molar-refractivity contribution in [2.75, 3.05) is 18.1 Å². The average molecular weight is 331 g/mol. The standard InChI is InChI=1S/C18H20FN2O3/c1-2-7-20-8-5-13(6-9-20)16-4-3-14(10-17(16)19)21-11-15(12-22)24-18(21)23/h3-6,8-10,15,22H,2,7,11-12H2,1H3/q+1/t15-/m1/s1. The minimum Gasteiger partial charge on any atom is -0.441 e. The van der Waals surface area contributed by atoms with Crippen molar-refractivity contribution in [2.24, 2.45) is 0 Å². The number of carbonyl (C=O) groups is 1. The smallest absolute Gasteiger partial charge is 0.414 e. The van der Waals surface area contributed by atoms with Crippen molar-refractivity contribution in [3.63, 3.8) is 0 Å². The van der Waals surface area contributed by atoms with Gasteiger partial charge in [-0.2, -0.15) is 0 Å². The van der Waals surface area contributed by atoms with Gasteiger partial charge >= 0.3 is 6.09 Å². The molecule has 0 unspecified atom stereocenters. The number of pyridine rings is 1. The maximum Gasteiger partial charge on any atom is 0.414 e. The summed E-state index contributed by atoms with van der Waals surface area (Å²) in [5.41, 5.74) is 1.69. The quantitative estimate of drug-likeness (QED) is 0.857. The molecule has 1 aliphatic rings. The van der Waals surface area contributed by atoms with Crippen LogP contribution in [0.15, 0.2) is 42.7 Å². The van der Waals surface area contributed by atoms with Crippen LogP contribution in [0.2, 0.25) is 0 Å². The Balaban J connectivity index is 1.83. The molecule has 2 aromatic rings. The van der Waals surface area contributed by atoms with E-state index in [1.165, 1.54) is 11.0 Å². The Morgan fingerprint density at radius 3 is 2.67 bits per heavy atom.